The molecule has 0 saturated carbocycles. The third kappa shape index (κ3) is 3.48. The fourth-order valence-electron chi connectivity index (χ4n) is 1.75. The molecule has 0 aliphatic carbocycles. The molecule has 0 bridgehead atoms. The number of carboxylic acids is 1. The largest absolute Gasteiger partial charge is 0.481 e. The van der Waals surface area contributed by atoms with E-state index in [0.717, 1.165) is 12.8 Å². The molecule has 16 heavy (non-hydrogen) atoms. The van der Waals surface area contributed by atoms with Crippen LogP contribution in [0.3, 0.4) is 0 Å². The van der Waals surface area contributed by atoms with Gasteiger partial charge in [-0.05, 0) is 26.2 Å². The van der Waals surface area contributed by atoms with Gasteiger partial charge in [0.25, 0.3) is 0 Å². The number of carboxylic acid groups (broad SMARTS) is 1. The van der Waals surface area contributed by atoms with Crippen LogP contribution in [0.4, 0.5) is 0 Å². The number of hydrogen-bond donors (Lipinski definition) is 2. The van der Waals surface area contributed by atoms with Gasteiger partial charge < -0.3 is 15.2 Å². The molecule has 1 saturated heterocycles. The van der Waals surface area contributed by atoms with Crippen LogP contribution in [-0.4, -0.2) is 35.2 Å². The molecule has 1 aliphatic heterocycles. The molecule has 2 unspecified atom stereocenters. The van der Waals surface area contributed by atoms with E-state index in [0.29, 0.717) is 13.0 Å². The molecule has 2 atom stereocenters. The lowest BCUT2D eigenvalue weighted by Crippen LogP contribution is -2.50. The summed E-state index contributed by atoms with van der Waals surface area (Å²) in [6, 6.07) is 0. The average molecular weight is 229 g/mol. The van der Waals surface area contributed by atoms with Crippen LogP contribution < -0.4 is 5.32 Å². The first-order valence-corrected chi connectivity index (χ1v) is 5.62. The van der Waals surface area contributed by atoms with Gasteiger partial charge in [-0.15, -0.1) is 0 Å². The highest BCUT2D eigenvalue weighted by Crippen LogP contribution is 2.18. The minimum absolute atomic E-state index is 0.0675. The third-order valence-corrected chi connectivity index (χ3v) is 2.97. The van der Waals surface area contributed by atoms with Gasteiger partial charge in [0.1, 0.15) is 6.10 Å². The topological polar surface area (TPSA) is 75.6 Å². The van der Waals surface area contributed by atoms with E-state index in [1.54, 1.807) is 6.92 Å². The lowest BCUT2D eigenvalue weighted by molar-refractivity contribution is -0.139. The fraction of sp³-hybridized carbons (Fsp3) is 0.818. The monoisotopic (exact) mass is 229 g/mol. The lowest BCUT2D eigenvalue weighted by atomic mass is 9.94. The van der Waals surface area contributed by atoms with Crippen molar-refractivity contribution in [3.63, 3.8) is 0 Å². The molecule has 1 heterocycles. The summed E-state index contributed by atoms with van der Waals surface area (Å²) in [5.41, 5.74) is -0.686. The van der Waals surface area contributed by atoms with Crippen molar-refractivity contribution in [1.82, 2.24) is 5.32 Å². The van der Waals surface area contributed by atoms with E-state index in [1.165, 1.54) is 0 Å². The lowest BCUT2D eigenvalue weighted by Gasteiger charge is -2.29. The first-order valence-electron chi connectivity index (χ1n) is 5.62. The highest BCUT2D eigenvalue weighted by Gasteiger charge is 2.32. The number of ether oxygens (including phenoxy) is 1. The van der Waals surface area contributed by atoms with Crippen molar-refractivity contribution >= 4 is 11.9 Å². The molecule has 5 heteroatoms. The number of hydrogen-bond acceptors (Lipinski definition) is 3. The van der Waals surface area contributed by atoms with Gasteiger partial charge in [-0.1, -0.05) is 6.92 Å². The van der Waals surface area contributed by atoms with Crippen LogP contribution in [0.15, 0.2) is 0 Å². The van der Waals surface area contributed by atoms with Crippen LogP contribution in [0.1, 0.15) is 39.5 Å². The molecule has 0 aromatic carbocycles. The van der Waals surface area contributed by atoms with Gasteiger partial charge in [-0.3, -0.25) is 9.59 Å². The van der Waals surface area contributed by atoms with E-state index < -0.39 is 17.6 Å². The summed E-state index contributed by atoms with van der Waals surface area (Å²) in [5.74, 6) is -1.10. The van der Waals surface area contributed by atoms with Gasteiger partial charge in [0.2, 0.25) is 5.91 Å². The molecule has 1 fully saturated rings. The maximum Gasteiger partial charge on any atom is 0.305 e. The normalized spacial score (nSPS) is 23.8. The van der Waals surface area contributed by atoms with E-state index in [4.69, 9.17) is 9.84 Å². The van der Waals surface area contributed by atoms with Crippen LogP contribution in [0, 0.1) is 0 Å². The molecular formula is C11H19NO4. The molecule has 0 radical (unpaired) electrons. The van der Waals surface area contributed by atoms with E-state index in [2.05, 4.69) is 5.32 Å². The van der Waals surface area contributed by atoms with Crippen LogP contribution in [0.5, 0.6) is 0 Å². The van der Waals surface area contributed by atoms with Gasteiger partial charge >= 0.3 is 5.97 Å². The van der Waals surface area contributed by atoms with Gasteiger partial charge in [-0.25, -0.2) is 0 Å². The SMILES string of the molecule is CCC(C)(CC(=O)O)NC(=O)C1CCCO1. The molecule has 0 spiro atoms. The summed E-state index contributed by atoms with van der Waals surface area (Å²) >= 11 is 0. The summed E-state index contributed by atoms with van der Waals surface area (Å²) in [6.07, 6.45) is 1.72. The predicted octanol–water partition coefficient (Wildman–Crippen LogP) is 0.925. The molecule has 2 N–H and O–H groups in total. The van der Waals surface area contributed by atoms with E-state index in [1.807, 2.05) is 6.92 Å². The first kappa shape index (κ1) is 13.0. The standard InChI is InChI=1S/C11H19NO4/c1-3-11(2,7-9(13)14)12-10(15)8-5-4-6-16-8/h8H,3-7H2,1-2H3,(H,12,15)(H,13,14). The van der Waals surface area contributed by atoms with Gasteiger partial charge in [0, 0.05) is 12.1 Å². The first-order chi connectivity index (χ1) is 7.47. The van der Waals surface area contributed by atoms with Crippen molar-refractivity contribution in [2.24, 2.45) is 0 Å². The summed E-state index contributed by atoms with van der Waals surface area (Å²) in [6.45, 7) is 4.21. The molecule has 1 aliphatic rings. The Morgan fingerprint density at radius 1 is 1.56 bits per heavy atom. The van der Waals surface area contributed by atoms with Gasteiger partial charge in [0.05, 0.1) is 6.42 Å². The van der Waals surface area contributed by atoms with E-state index in [-0.39, 0.29) is 12.3 Å². The Balaban J connectivity index is 2.54. The Kier molecular flexibility index (Phi) is 4.29. The highest BCUT2D eigenvalue weighted by atomic mass is 16.5. The Morgan fingerprint density at radius 3 is 2.69 bits per heavy atom. The zero-order valence-corrected chi connectivity index (χ0v) is 9.78. The van der Waals surface area contributed by atoms with Crippen LogP contribution >= 0.6 is 0 Å². The second-order valence-electron chi connectivity index (χ2n) is 4.48. The Labute approximate surface area is 95.2 Å². The van der Waals surface area contributed by atoms with Gasteiger partial charge in [0.15, 0.2) is 0 Å². The number of aliphatic carboxylic acids is 1. The maximum absolute atomic E-state index is 11.8. The van der Waals surface area contributed by atoms with Crippen LogP contribution in [0.2, 0.25) is 0 Å². The molecule has 5 nitrogen and oxygen atoms in total. The fourth-order valence-corrected chi connectivity index (χ4v) is 1.75. The van der Waals surface area contributed by atoms with Crippen molar-refractivity contribution < 1.29 is 19.4 Å². The molecular weight excluding hydrogens is 210 g/mol. The predicted molar refractivity (Wildman–Crippen MR) is 58.1 cm³/mol. The van der Waals surface area contributed by atoms with Crippen molar-refractivity contribution in [2.45, 2.75) is 51.2 Å². The summed E-state index contributed by atoms with van der Waals surface area (Å²) < 4.78 is 5.25. The zero-order chi connectivity index (χ0) is 12.2. The summed E-state index contributed by atoms with van der Waals surface area (Å²) in [7, 11) is 0. The smallest absolute Gasteiger partial charge is 0.305 e. The number of carbonyl (C=O) groups excluding carboxylic acids is 1. The quantitative estimate of drug-likeness (QED) is 0.735. The zero-order valence-electron chi connectivity index (χ0n) is 9.78. The highest BCUT2D eigenvalue weighted by molar-refractivity contribution is 5.82. The van der Waals surface area contributed by atoms with Crippen LogP contribution in [-0.2, 0) is 14.3 Å². The Morgan fingerprint density at radius 2 is 2.25 bits per heavy atom. The molecule has 0 aromatic rings. The Bertz CT molecular complexity index is 273. The van der Waals surface area contributed by atoms with Crippen molar-refractivity contribution in [1.29, 1.82) is 0 Å². The minimum atomic E-state index is -0.906. The van der Waals surface area contributed by atoms with E-state index in [9.17, 15) is 9.59 Å². The summed E-state index contributed by atoms with van der Waals surface area (Å²) in [4.78, 5) is 22.5. The minimum Gasteiger partial charge on any atom is -0.481 e. The van der Waals surface area contributed by atoms with Crippen molar-refractivity contribution in [2.75, 3.05) is 6.61 Å². The van der Waals surface area contributed by atoms with Crippen LogP contribution in [0.25, 0.3) is 0 Å². The second-order valence-corrected chi connectivity index (χ2v) is 4.48. The number of nitrogens with one attached hydrogen (secondary N) is 1. The van der Waals surface area contributed by atoms with E-state index >= 15 is 0 Å². The van der Waals surface area contributed by atoms with Crippen molar-refractivity contribution in [3.05, 3.63) is 0 Å². The maximum atomic E-state index is 11.8. The third-order valence-electron chi connectivity index (χ3n) is 2.97. The Hall–Kier alpha value is -1.10. The number of amides is 1. The molecule has 92 valence electrons. The second kappa shape index (κ2) is 5.30. The number of carbonyl (C=O) groups is 2. The van der Waals surface area contributed by atoms with Gasteiger partial charge in [-0.2, -0.15) is 0 Å². The van der Waals surface area contributed by atoms with Crippen molar-refractivity contribution in [3.8, 4) is 0 Å². The number of rotatable bonds is 5. The molecule has 0 aromatic heterocycles. The molecule has 1 rings (SSSR count). The average Bonchev–Trinajstić information content (AvgIpc) is 2.69. The summed E-state index contributed by atoms with van der Waals surface area (Å²) in [5, 5.41) is 11.5. The molecule has 1 amide bonds.